The first kappa shape index (κ1) is 10.2. The van der Waals surface area contributed by atoms with Crippen LogP contribution in [0.1, 0.15) is 23.3 Å². The molecule has 0 saturated heterocycles. The van der Waals surface area contributed by atoms with E-state index in [9.17, 15) is 0 Å². The summed E-state index contributed by atoms with van der Waals surface area (Å²) in [7, 11) is 0. The standard InChI is InChI=1S/C13H17NO/c1-9-5-6-12-11(4-3-7-14)10(2)15-13(12)8-9/h5-6,8H,3-4,7,14H2,1-2H3. The van der Waals surface area contributed by atoms with Crippen molar-refractivity contribution in [2.24, 2.45) is 5.73 Å². The molecule has 0 amide bonds. The fraction of sp³-hybridized carbons (Fsp3) is 0.385. The molecule has 0 aliphatic heterocycles. The van der Waals surface area contributed by atoms with Crippen molar-refractivity contribution in [3.8, 4) is 0 Å². The minimum atomic E-state index is 0.734. The molecule has 0 radical (unpaired) electrons. The van der Waals surface area contributed by atoms with Crippen LogP contribution < -0.4 is 5.73 Å². The summed E-state index contributed by atoms with van der Waals surface area (Å²) >= 11 is 0. The molecule has 0 spiro atoms. The molecular formula is C13H17NO. The molecule has 0 unspecified atom stereocenters. The van der Waals surface area contributed by atoms with Gasteiger partial charge < -0.3 is 10.2 Å². The van der Waals surface area contributed by atoms with E-state index in [2.05, 4.69) is 25.1 Å². The lowest BCUT2D eigenvalue weighted by molar-refractivity contribution is 0.570. The Morgan fingerprint density at radius 2 is 2.07 bits per heavy atom. The lowest BCUT2D eigenvalue weighted by Crippen LogP contribution is -2.00. The van der Waals surface area contributed by atoms with Gasteiger partial charge in [-0.15, -0.1) is 0 Å². The number of hydrogen-bond donors (Lipinski definition) is 1. The van der Waals surface area contributed by atoms with Crippen LogP contribution in [0.3, 0.4) is 0 Å². The molecular weight excluding hydrogens is 186 g/mol. The molecule has 15 heavy (non-hydrogen) atoms. The first-order chi connectivity index (χ1) is 7.22. The molecule has 2 N–H and O–H groups in total. The Balaban J connectivity index is 2.48. The molecule has 80 valence electrons. The zero-order valence-corrected chi connectivity index (χ0v) is 9.34. The first-order valence-corrected chi connectivity index (χ1v) is 5.41. The van der Waals surface area contributed by atoms with Crippen molar-refractivity contribution in [2.45, 2.75) is 26.7 Å². The zero-order chi connectivity index (χ0) is 10.8. The van der Waals surface area contributed by atoms with Gasteiger partial charge >= 0.3 is 0 Å². The van der Waals surface area contributed by atoms with Gasteiger partial charge in [-0.2, -0.15) is 0 Å². The predicted molar refractivity (Wildman–Crippen MR) is 63.1 cm³/mol. The van der Waals surface area contributed by atoms with Crippen molar-refractivity contribution in [3.63, 3.8) is 0 Å². The second-order valence-corrected chi connectivity index (χ2v) is 4.03. The highest BCUT2D eigenvalue weighted by Gasteiger charge is 2.09. The minimum absolute atomic E-state index is 0.734. The third-order valence-electron chi connectivity index (χ3n) is 2.78. The van der Waals surface area contributed by atoms with E-state index < -0.39 is 0 Å². The normalized spacial score (nSPS) is 11.1. The van der Waals surface area contributed by atoms with Gasteiger partial charge in [-0.1, -0.05) is 12.1 Å². The molecule has 0 bridgehead atoms. The summed E-state index contributed by atoms with van der Waals surface area (Å²) in [6.07, 6.45) is 2.03. The third-order valence-corrected chi connectivity index (χ3v) is 2.78. The van der Waals surface area contributed by atoms with E-state index in [0.717, 1.165) is 30.7 Å². The van der Waals surface area contributed by atoms with Crippen molar-refractivity contribution in [2.75, 3.05) is 6.54 Å². The van der Waals surface area contributed by atoms with Crippen LogP contribution in [0.2, 0.25) is 0 Å². The Kier molecular flexibility index (Phi) is 2.78. The Bertz CT molecular complexity index is 471. The van der Waals surface area contributed by atoms with Crippen molar-refractivity contribution < 1.29 is 4.42 Å². The fourth-order valence-electron chi connectivity index (χ4n) is 1.97. The fourth-order valence-corrected chi connectivity index (χ4v) is 1.97. The summed E-state index contributed by atoms with van der Waals surface area (Å²) in [5.74, 6) is 1.03. The van der Waals surface area contributed by atoms with Gasteiger partial charge in [0, 0.05) is 10.9 Å². The quantitative estimate of drug-likeness (QED) is 0.833. The number of hydrogen-bond acceptors (Lipinski definition) is 2. The van der Waals surface area contributed by atoms with Crippen LogP contribution in [0, 0.1) is 13.8 Å². The highest BCUT2D eigenvalue weighted by Crippen LogP contribution is 2.27. The number of rotatable bonds is 3. The molecule has 1 heterocycles. The highest BCUT2D eigenvalue weighted by molar-refractivity contribution is 5.82. The lowest BCUT2D eigenvalue weighted by Gasteiger charge is -1.98. The summed E-state index contributed by atoms with van der Waals surface area (Å²) in [4.78, 5) is 0. The Morgan fingerprint density at radius 3 is 2.80 bits per heavy atom. The SMILES string of the molecule is Cc1ccc2c(CCCN)c(C)oc2c1. The number of furan rings is 1. The van der Waals surface area contributed by atoms with Crippen molar-refractivity contribution in [3.05, 3.63) is 35.1 Å². The van der Waals surface area contributed by atoms with Gasteiger partial charge in [0.05, 0.1) is 0 Å². The van der Waals surface area contributed by atoms with Crippen molar-refractivity contribution >= 4 is 11.0 Å². The molecule has 0 atom stereocenters. The van der Waals surface area contributed by atoms with E-state index in [-0.39, 0.29) is 0 Å². The summed E-state index contributed by atoms with van der Waals surface area (Å²) in [6, 6.07) is 6.37. The largest absolute Gasteiger partial charge is 0.461 e. The van der Waals surface area contributed by atoms with Gasteiger partial charge in [-0.25, -0.2) is 0 Å². The first-order valence-electron chi connectivity index (χ1n) is 5.41. The van der Waals surface area contributed by atoms with Crippen LogP contribution >= 0.6 is 0 Å². The van der Waals surface area contributed by atoms with E-state index in [1.54, 1.807) is 0 Å². The van der Waals surface area contributed by atoms with Crippen LogP contribution in [0.25, 0.3) is 11.0 Å². The van der Waals surface area contributed by atoms with Crippen LogP contribution in [0.5, 0.6) is 0 Å². The molecule has 2 rings (SSSR count). The van der Waals surface area contributed by atoms with Crippen molar-refractivity contribution in [1.82, 2.24) is 0 Å². The molecule has 2 aromatic rings. The van der Waals surface area contributed by atoms with Crippen LogP contribution in [0.15, 0.2) is 22.6 Å². The third kappa shape index (κ3) is 1.90. The van der Waals surface area contributed by atoms with Crippen LogP contribution in [-0.2, 0) is 6.42 Å². The predicted octanol–water partition coefficient (Wildman–Crippen LogP) is 2.94. The van der Waals surface area contributed by atoms with E-state index in [4.69, 9.17) is 10.2 Å². The van der Waals surface area contributed by atoms with E-state index in [1.807, 2.05) is 6.92 Å². The zero-order valence-electron chi connectivity index (χ0n) is 9.34. The highest BCUT2D eigenvalue weighted by atomic mass is 16.3. The average molecular weight is 203 g/mol. The number of aryl methyl sites for hydroxylation is 3. The van der Waals surface area contributed by atoms with E-state index in [1.165, 1.54) is 16.5 Å². The van der Waals surface area contributed by atoms with Crippen LogP contribution in [-0.4, -0.2) is 6.54 Å². The lowest BCUT2D eigenvalue weighted by atomic mass is 10.0. The summed E-state index contributed by atoms with van der Waals surface area (Å²) < 4.78 is 5.74. The Morgan fingerprint density at radius 1 is 1.27 bits per heavy atom. The number of nitrogens with two attached hydrogens (primary N) is 1. The maximum atomic E-state index is 5.74. The number of fused-ring (bicyclic) bond motifs is 1. The van der Waals surface area contributed by atoms with Gasteiger partial charge in [-0.3, -0.25) is 0 Å². The minimum Gasteiger partial charge on any atom is -0.461 e. The maximum absolute atomic E-state index is 5.74. The molecule has 0 saturated carbocycles. The van der Waals surface area contributed by atoms with Gasteiger partial charge in [0.2, 0.25) is 0 Å². The number of benzene rings is 1. The molecule has 0 aliphatic carbocycles. The summed E-state index contributed by atoms with van der Waals surface area (Å²) in [5.41, 5.74) is 9.09. The Labute approximate surface area is 90.1 Å². The maximum Gasteiger partial charge on any atom is 0.134 e. The molecule has 1 aromatic heterocycles. The smallest absolute Gasteiger partial charge is 0.134 e. The van der Waals surface area contributed by atoms with Crippen LogP contribution in [0.4, 0.5) is 0 Å². The summed E-state index contributed by atoms with van der Waals surface area (Å²) in [6.45, 7) is 4.84. The topological polar surface area (TPSA) is 39.2 Å². The van der Waals surface area contributed by atoms with Crippen molar-refractivity contribution in [1.29, 1.82) is 0 Å². The monoisotopic (exact) mass is 203 g/mol. The molecule has 0 fully saturated rings. The second-order valence-electron chi connectivity index (χ2n) is 4.03. The molecule has 0 aliphatic rings. The average Bonchev–Trinajstić information content (AvgIpc) is 2.50. The molecule has 2 nitrogen and oxygen atoms in total. The Hall–Kier alpha value is -1.28. The summed E-state index contributed by atoms with van der Waals surface area (Å²) in [5, 5.41) is 1.24. The van der Waals surface area contributed by atoms with E-state index in [0.29, 0.717) is 0 Å². The van der Waals surface area contributed by atoms with Gasteiger partial charge in [-0.05, 0) is 44.9 Å². The van der Waals surface area contributed by atoms with Gasteiger partial charge in [0.15, 0.2) is 0 Å². The molecule has 2 heteroatoms. The molecule has 1 aromatic carbocycles. The second kappa shape index (κ2) is 4.07. The van der Waals surface area contributed by atoms with Gasteiger partial charge in [0.25, 0.3) is 0 Å². The van der Waals surface area contributed by atoms with E-state index >= 15 is 0 Å². The van der Waals surface area contributed by atoms with Gasteiger partial charge in [0.1, 0.15) is 11.3 Å².